The first-order valence-corrected chi connectivity index (χ1v) is 7.06. The minimum absolute atomic E-state index is 0.0760. The van der Waals surface area contributed by atoms with E-state index in [1.165, 1.54) is 12.1 Å². The number of hydrogen-bond donors (Lipinski definition) is 1. The first-order valence-electron chi connectivity index (χ1n) is 7.06. The fraction of sp³-hybridized carbons (Fsp3) is 0.500. The zero-order valence-electron chi connectivity index (χ0n) is 12.6. The van der Waals surface area contributed by atoms with Crippen LogP contribution in [0.4, 0.5) is 26.7 Å². The summed E-state index contributed by atoms with van der Waals surface area (Å²) in [5.74, 6) is -0.234. The van der Waals surface area contributed by atoms with Crippen molar-refractivity contribution in [2.75, 3.05) is 13.2 Å². The van der Waals surface area contributed by atoms with Gasteiger partial charge in [-0.15, -0.1) is 13.2 Å². The maximum atomic E-state index is 12.1. The summed E-state index contributed by atoms with van der Waals surface area (Å²) < 4.78 is 73.8. The van der Waals surface area contributed by atoms with E-state index < -0.39 is 43.6 Å². The Balaban J connectivity index is 1.94. The molecule has 25 heavy (non-hydrogen) atoms. The lowest BCUT2D eigenvalue weighted by atomic mass is 10.2. The van der Waals surface area contributed by atoms with Gasteiger partial charge in [0.05, 0.1) is 19.2 Å². The van der Waals surface area contributed by atoms with Gasteiger partial charge in [-0.05, 0) is 24.3 Å². The highest BCUT2D eigenvalue weighted by atomic mass is 19.4. The molecule has 2 rings (SSSR count). The molecule has 1 N–H and O–H groups in total. The highest BCUT2D eigenvalue weighted by molar-refractivity contribution is 5.66. The Morgan fingerprint density at radius 3 is 2.36 bits per heavy atom. The SMILES string of the molecule is O=C(O)N1C[C@@H](Oc2ccc(OC(F)(F)F)cc2)C[C@H]1COC(F)F. The average Bonchev–Trinajstić information content (AvgIpc) is 2.89. The van der Waals surface area contributed by atoms with Crippen molar-refractivity contribution in [3.8, 4) is 11.5 Å². The molecule has 140 valence electrons. The summed E-state index contributed by atoms with van der Waals surface area (Å²) in [5, 5.41) is 9.08. The lowest BCUT2D eigenvalue weighted by Crippen LogP contribution is -2.38. The third kappa shape index (κ3) is 5.93. The summed E-state index contributed by atoms with van der Waals surface area (Å²) in [4.78, 5) is 12.1. The van der Waals surface area contributed by atoms with Crippen molar-refractivity contribution >= 4 is 6.09 Å². The number of amides is 1. The number of ether oxygens (including phenoxy) is 3. The predicted molar refractivity (Wildman–Crippen MR) is 72.6 cm³/mol. The smallest absolute Gasteiger partial charge is 0.488 e. The fourth-order valence-electron chi connectivity index (χ4n) is 2.45. The molecule has 6 nitrogen and oxygen atoms in total. The van der Waals surface area contributed by atoms with Gasteiger partial charge in [-0.2, -0.15) is 8.78 Å². The molecule has 0 bridgehead atoms. The molecule has 1 aromatic rings. The van der Waals surface area contributed by atoms with Gasteiger partial charge in [0.2, 0.25) is 0 Å². The molecule has 1 saturated heterocycles. The van der Waals surface area contributed by atoms with Crippen LogP contribution in [0.5, 0.6) is 11.5 Å². The van der Waals surface area contributed by atoms with Gasteiger partial charge < -0.3 is 19.3 Å². The average molecular weight is 371 g/mol. The van der Waals surface area contributed by atoms with Gasteiger partial charge in [-0.25, -0.2) is 4.79 Å². The monoisotopic (exact) mass is 371 g/mol. The van der Waals surface area contributed by atoms with Crippen molar-refractivity contribution in [1.82, 2.24) is 4.90 Å². The summed E-state index contributed by atoms with van der Waals surface area (Å²) in [6.07, 6.45) is -6.65. The number of carboxylic acid groups (broad SMARTS) is 1. The van der Waals surface area contributed by atoms with Crippen LogP contribution in [0.3, 0.4) is 0 Å². The molecule has 2 atom stereocenters. The van der Waals surface area contributed by atoms with Gasteiger partial charge >= 0.3 is 19.1 Å². The van der Waals surface area contributed by atoms with Crippen molar-refractivity contribution in [1.29, 1.82) is 0 Å². The Hall–Kier alpha value is -2.30. The number of nitrogens with zero attached hydrogens (tertiary/aromatic N) is 1. The standard InChI is InChI=1S/C14H14F5NO5/c15-12(16)23-7-8-5-11(6-20(8)13(21)22)24-9-1-3-10(4-2-9)25-14(17,18)19/h1-4,8,11-12H,5-7H2,(H,21,22)/t8-,11-/m0/s1. The number of hydrogen-bond acceptors (Lipinski definition) is 4. The summed E-state index contributed by atoms with van der Waals surface area (Å²) >= 11 is 0. The number of benzene rings is 1. The molecule has 1 aromatic carbocycles. The minimum Gasteiger partial charge on any atom is -0.488 e. The highest BCUT2D eigenvalue weighted by Gasteiger charge is 2.37. The van der Waals surface area contributed by atoms with Crippen LogP contribution in [0.1, 0.15) is 6.42 Å². The zero-order valence-corrected chi connectivity index (χ0v) is 12.6. The van der Waals surface area contributed by atoms with Gasteiger partial charge in [0.1, 0.15) is 17.6 Å². The van der Waals surface area contributed by atoms with E-state index in [0.29, 0.717) is 0 Å². The Morgan fingerprint density at radius 1 is 1.24 bits per heavy atom. The van der Waals surface area contributed by atoms with Gasteiger partial charge in [0.25, 0.3) is 0 Å². The second kappa shape index (κ2) is 7.72. The van der Waals surface area contributed by atoms with Gasteiger partial charge in [-0.3, -0.25) is 4.90 Å². The maximum absolute atomic E-state index is 12.1. The van der Waals surface area contributed by atoms with Crippen molar-refractivity contribution in [3.05, 3.63) is 24.3 Å². The third-order valence-corrected chi connectivity index (χ3v) is 3.40. The Bertz CT molecular complexity index is 580. The van der Waals surface area contributed by atoms with E-state index in [1.54, 1.807) is 0 Å². The molecule has 0 unspecified atom stereocenters. The first-order chi connectivity index (χ1) is 11.6. The van der Waals surface area contributed by atoms with Crippen molar-refractivity contribution in [2.24, 2.45) is 0 Å². The molecule has 0 saturated carbocycles. The summed E-state index contributed by atoms with van der Waals surface area (Å²) in [7, 11) is 0. The van der Waals surface area contributed by atoms with E-state index in [2.05, 4.69) is 9.47 Å². The second-order valence-electron chi connectivity index (χ2n) is 5.18. The van der Waals surface area contributed by atoms with Gasteiger partial charge in [0.15, 0.2) is 0 Å². The topological polar surface area (TPSA) is 68.2 Å². The molecule has 0 aliphatic carbocycles. The van der Waals surface area contributed by atoms with E-state index in [9.17, 15) is 26.7 Å². The van der Waals surface area contributed by atoms with Crippen LogP contribution in [-0.2, 0) is 4.74 Å². The maximum Gasteiger partial charge on any atom is 0.573 e. The molecule has 1 heterocycles. The molecule has 1 aliphatic rings. The molecule has 1 amide bonds. The number of likely N-dealkylation sites (tertiary alicyclic amines) is 1. The zero-order chi connectivity index (χ0) is 18.6. The van der Waals surface area contributed by atoms with Crippen LogP contribution in [0.15, 0.2) is 24.3 Å². The number of halogens is 5. The fourth-order valence-corrected chi connectivity index (χ4v) is 2.45. The van der Waals surface area contributed by atoms with Crippen LogP contribution >= 0.6 is 0 Å². The van der Waals surface area contributed by atoms with Crippen LogP contribution < -0.4 is 9.47 Å². The normalized spacial score (nSPS) is 20.8. The second-order valence-corrected chi connectivity index (χ2v) is 5.18. The van der Waals surface area contributed by atoms with Gasteiger partial charge in [0, 0.05) is 6.42 Å². The molecule has 0 aromatic heterocycles. The van der Waals surface area contributed by atoms with Gasteiger partial charge in [-0.1, -0.05) is 0 Å². The summed E-state index contributed by atoms with van der Waals surface area (Å²) in [6, 6.07) is 3.75. The van der Waals surface area contributed by atoms with Crippen LogP contribution in [0.25, 0.3) is 0 Å². The van der Waals surface area contributed by atoms with E-state index >= 15 is 0 Å². The molecule has 0 spiro atoms. The van der Waals surface area contributed by atoms with E-state index in [4.69, 9.17) is 9.84 Å². The largest absolute Gasteiger partial charge is 0.573 e. The van der Waals surface area contributed by atoms with Crippen molar-refractivity contribution < 1.29 is 46.1 Å². The van der Waals surface area contributed by atoms with Crippen molar-refractivity contribution in [3.63, 3.8) is 0 Å². The first kappa shape index (κ1) is 19.0. The molecule has 1 fully saturated rings. The number of rotatable bonds is 6. The molecule has 1 aliphatic heterocycles. The van der Waals surface area contributed by atoms with Crippen LogP contribution in [-0.4, -0.2) is 54.4 Å². The van der Waals surface area contributed by atoms with E-state index in [1.807, 2.05) is 0 Å². The predicted octanol–water partition coefficient (Wildman–Crippen LogP) is 3.32. The lowest BCUT2D eigenvalue weighted by Gasteiger charge is -2.20. The number of alkyl halides is 5. The summed E-state index contributed by atoms with van der Waals surface area (Å²) in [5.41, 5.74) is 0. The summed E-state index contributed by atoms with van der Waals surface area (Å²) in [6.45, 7) is -3.58. The lowest BCUT2D eigenvalue weighted by molar-refractivity contribution is -0.274. The van der Waals surface area contributed by atoms with Crippen LogP contribution in [0.2, 0.25) is 0 Å². The minimum atomic E-state index is -4.81. The number of carbonyl (C=O) groups is 1. The van der Waals surface area contributed by atoms with Crippen molar-refractivity contribution in [2.45, 2.75) is 31.5 Å². The third-order valence-electron chi connectivity index (χ3n) is 3.40. The molecule has 0 radical (unpaired) electrons. The van der Waals surface area contributed by atoms with Crippen LogP contribution in [0, 0.1) is 0 Å². The molecular weight excluding hydrogens is 357 g/mol. The Labute approximate surface area is 138 Å². The quantitative estimate of drug-likeness (QED) is 0.777. The highest BCUT2D eigenvalue weighted by Crippen LogP contribution is 2.27. The Kier molecular flexibility index (Phi) is 5.88. The Morgan fingerprint density at radius 2 is 1.84 bits per heavy atom. The molecule has 11 heteroatoms. The molecular formula is C14H14F5NO5. The van der Waals surface area contributed by atoms with E-state index in [-0.39, 0.29) is 18.7 Å². The van der Waals surface area contributed by atoms with E-state index in [0.717, 1.165) is 17.0 Å².